The highest BCUT2D eigenvalue weighted by atomic mass is 32.2. The summed E-state index contributed by atoms with van der Waals surface area (Å²) in [5, 5.41) is 12.9. The number of carbonyl (C=O) groups excluding carboxylic acids is 2. The van der Waals surface area contributed by atoms with Crippen LogP contribution >= 0.6 is 11.8 Å². The summed E-state index contributed by atoms with van der Waals surface area (Å²) < 4.78 is 4.78. The first-order valence-corrected chi connectivity index (χ1v) is 8.33. The van der Waals surface area contributed by atoms with E-state index < -0.39 is 23.7 Å². The van der Waals surface area contributed by atoms with E-state index in [4.69, 9.17) is 4.74 Å². The van der Waals surface area contributed by atoms with E-state index >= 15 is 0 Å². The normalized spacial score (nSPS) is 20.7. The number of ether oxygens (including phenoxy) is 1. The lowest BCUT2D eigenvalue weighted by Gasteiger charge is -2.30. The summed E-state index contributed by atoms with van der Waals surface area (Å²) >= 11 is 1.43. The molecule has 120 valence electrons. The number of nitrogens with zero attached hydrogens (tertiary/aromatic N) is 1. The zero-order valence-corrected chi connectivity index (χ0v) is 13.9. The molecule has 2 atom stereocenters. The number of nitriles is 1. The van der Waals surface area contributed by atoms with Gasteiger partial charge in [0.1, 0.15) is 5.92 Å². The van der Waals surface area contributed by atoms with Crippen LogP contribution in [0.5, 0.6) is 0 Å². The highest BCUT2D eigenvalue weighted by Gasteiger charge is 2.44. The number of rotatable bonds is 5. The summed E-state index contributed by atoms with van der Waals surface area (Å²) in [6.45, 7) is 2.02. The third kappa shape index (κ3) is 3.57. The monoisotopic (exact) mass is 330 g/mol. The van der Waals surface area contributed by atoms with Crippen LogP contribution in [0.4, 0.5) is 0 Å². The average Bonchev–Trinajstić information content (AvgIpc) is 2.59. The molecular formula is C17H18N2O3S. The second-order valence-corrected chi connectivity index (χ2v) is 6.19. The molecule has 1 aliphatic rings. The van der Waals surface area contributed by atoms with Crippen molar-refractivity contribution in [1.82, 2.24) is 5.32 Å². The molecule has 0 radical (unpaired) electrons. The van der Waals surface area contributed by atoms with Crippen molar-refractivity contribution in [3.05, 3.63) is 46.5 Å². The van der Waals surface area contributed by atoms with Gasteiger partial charge in [0.2, 0.25) is 5.91 Å². The van der Waals surface area contributed by atoms with Gasteiger partial charge in [0.15, 0.2) is 0 Å². The van der Waals surface area contributed by atoms with Gasteiger partial charge < -0.3 is 10.1 Å². The van der Waals surface area contributed by atoms with E-state index in [2.05, 4.69) is 11.4 Å². The number of methoxy groups -OCH3 is 1. The number of nitrogens with one attached hydrogen (secondary N) is 1. The molecule has 0 saturated carbocycles. The predicted octanol–water partition coefficient (Wildman–Crippen LogP) is 2.57. The number of hydrogen-bond acceptors (Lipinski definition) is 5. The number of amides is 1. The third-order valence-electron chi connectivity index (χ3n) is 3.59. The average molecular weight is 330 g/mol. The molecule has 1 aromatic rings. The van der Waals surface area contributed by atoms with Crippen molar-refractivity contribution < 1.29 is 14.3 Å². The molecule has 1 heterocycles. The summed E-state index contributed by atoms with van der Waals surface area (Å²) in [6, 6.07) is 11.3. The van der Waals surface area contributed by atoms with Crippen LogP contribution < -0.4 is 5.32 Å². The summed E-state index contributed by atoms with van der Waals surface area (Å²) in [5.74, 6) is -1.96. The van der Waals surface area contributed by atoms with Gasteiger partial charge in [-0.05, 0) is 17.7 Å². The Labute approximate surface area is 139 Å². The Kier molecular flexibility index (Phi) is 5.83. The number of benzene rings is 1. The SMILES string of the molecule is CCCSC1=C(C#N)[C@H](c2ccccc2)[C@H](C(=O)OC)C(=O)N1. The van der Waals surface area contributed by atoms with Crippen LogP contribution in [0.25, 0.3) is 0 Å². The molecule has 0 unspecified atom stereocenters. The molecule has 1 N–H and O–H groups in total. The van der Waals surface area contributed by atoms with Crippen molar-refractivity contribution in [2.75, 3.05) is 12.9 Å². The predicted molar refractivity (Wildman–Crippen MR) is 88.2 cm³/mol. The topological polar surface area (TPSA) is 79.2 Å². The molecule has 0 aromatic heterocycles. The largest absolute Gasteiger partial charge is 0.468 e. The molecule has 0 bridgehead atoms. The minimum Gasteiger partial charge on any atom is -0.468 e. The summed E-state index contributed by atoms with van der Waals surface area (Å²) in [7, 11) is 1.24. The van der Waals surface area contributed by atoms with Crippen molar-refractivity contribution in [2.45, 2.75) is 19.3 Å². The molecule has 0 fully saturated rings. The van der Waals surface area contributed by atoms with Crippen molar-refractivity contribution in [1.29, 1.82) is 5.26 Å². The van der Waals surface area contributed by atoms with Gasteiger partial charge in [0.05, 0.1) is 23.8 Å². The second kappa shape index (κ2) is 7.84. The van der Waals surface area contributed by atoms with Gasteiger partial charge in [-0.3, -0.25) is 9.59 Å². The van der Waals surface area contributed by atoms with Gasteiger partial charge in [-0.15, -0.1) is 11.8 Å². The van der Waals surface area contributed by atoms with Crippen LogP contribution in [0.2, 0.25) is 0 Å². The molecule has 1 aromatic carbocycles. The van der Waals surface area contributed by atoms with Crippen LogP contribution in [0, 0.1) is 17.2 Å². The van der Waals surface area contributed by atoms with Gasteiger partial charge in [0, 0.05) is 5.92 Å². The second-order valence-electron chi connectivity index (χ2n) is 5.08. The quantitative estimate of drug-likeness (QED) is 0.663. The van der Waals surface area contributed by atoms with E-state index in [-0.39, 0.29) is 0 Å². The van der Waals surface area contributed by atoms with E-state index in [1.807, 2.05) is 37.3 Å². The number of hydrogen-bond donors (Lipinski definition) is 1. The third-order valence-corrected chi connectivity index (χ3v) is 4.82. The van der Waals surface area contributed by atoms with Gasteiger partial charge in [-0.25, -0.2) is 0 Å². The fourth-order valence-electron chi connectivity index (χ4n) is 2.54. The Hall–Kier alpha value is -2.26. The van der Waals surface area contributed by atoms with Gasteiger partial charge in [0.25, 0.3) is 0 Å². The highest BCUT2D eigenvalue weighted by molar-refractivity contribution is 8.03. The summed E-state index contributed by atoms with van der Waals surface area (Å²) in [4.78, 5) is 24.6. The molecule has 23 heavy (non-hydrogen) atoms. The number of carbonyl (C=O) groups is 2. The Balaban J connectivity index is 2.56. The first kappa shape index (κ1) is 17.1. The molecule has 0 aliphatic carbocycles. The number of allylic oxidation sites excluding steroid dienone is 1. The number of thioether (sulfide) groups is 1. The summed E-state index contributed by atoms with van der Waals surface area (Å²) in [6.07, 6.45) is 0.916. The van der Waals surface area contributed by atoms with Gasteiger partial charge in [-0.2, -0.15) is 5.26 Å². The van der Waals surface area contributed by atoms with Gasteiger partial charge >= 0.3 is 5.97 Å². The van der Waals surface area contributed by atoms with E-state index in [0.29, 0.717) is 10.6 Å². The Bertz CT molecular complexity index is 664. The van der Waals surface area contributed by atoms with E-state index in [1.165, 1.54) is 18.9 Å². The fraction of sp³-hybridized carbons (Fsp3) is 0.353. The maximum Gasteiger partial charge on any atom is 0.319 e. The molecule has 0 saturated heterocycles. The molecule has 0 spiro atoms. The first-order chi connectivity index (χ1) is 11.1. The van der Waals surface area contributed by atoms with Crippen LogP contribution in [-0.2, 0) is 14.3 Å². The van der Waals surface area contributed by atoms with Gasteiger partial charge in [-0.1, -0.05) is 37.3 Å². The highest BCUT2D eigenvalue weighted by Crippen LogP contribution is 2.40. The Morgan fingerprint density at radius 2 is 2.09 bits per heavy atom. The molecule has 1 amide bonds. The Morgan fingerprint density at radius 3 is 2.65 bits per heavy atom. The summed E-state index contributed by atoms with van der Waals surface area (Å²) in [5.41, 5.74) is 1.16. The first-order valence-electron chi connectivity index (χ1n) is 7.34. The molecule has 6 heteroatoms. The van der Waals surface area contributed by atoms with E-state index in [0.717, 1.165) is 17.7 Å². The standard InChI is InChI=1S/C17H18N2O3S/c1-3-9-23-16-12(10-18)13(11-7-5-4-6-8-11)14(15(20)19-16)17(21)22-2/h4-8,13-14H,3,9H2,1-2H3,(H,19,20)/t13-,14-/m0/s1. The lowest BCUT2D eigenvalue weighted by Crippen LogP contribution is -2.44. The fourth-order valence-corrected chi connectivity index (χ4v) is 3.45. The van der Waals surface area contributed by atoms with Crippen molar-refractivity contribution in [2.24, 2.45) is 5.92 Å². The lowest BCUT2D eigenvalue weighted by atomic mass is 9.78. The minimum atomic E-state index is -1.05. The maximum atomic E-state index is 12.4. The van der Waals surface area contributed by atoms with Crippen LogP contribution in [-0.4, -0.2) is 24.7 Å². The van der Waals surface area contributed by atoms with Crippen molar-refractivity contribution in [3.8, 4) is 6.07 Å². The molecule has 5 nitrogen and oxygen atoms in total. The van der Waals surface area contributed by atoms with E-state index in [1.54, 1.807) is 0 Å². The molecular weight excluding hydrogens is 312 g/mol. The maximum absolute atomic E-state index is 12.4. The van der Waals surface area contributed by atoms with Crippen LogP contribution in [0.15, 0.2) is 40.9 Å². The lowest BCUT2D eigenvalue weighted by molar-refractivity contribution is -0.150. The number of esters is 1. The Morgan fingerprint density at radius 1 is 1.39 bits per heavy atom. The smallest absolute Gasteiger partial charge is 0.319 e. The van der Waals surface area contributed by atoms with Crippen LogP contribution in [0.3, 0.4) is 0 Å². The van der Waals surface area contributed by atoms with Crippen molar-refractivity contribution in [3.63, 3.8) is 0 Å². The molecule has 1 aliphatic heterocycles. The molecule has 2 rings (SSSR count). The van der Waals surface area contributed by atoms with E-state index in [9.17, 15) is 14.9 Å². The van der Waals surface area contributed by atoms with Crippen molar-refractivity contribution >= 4 is 23.6 Å². The zero-order valence-electron chi connectivity index (χ0n) is 13.0. The van der Waals surface area contributed by atoms with Crippen LogP contribution in [0.1, 0.15) is 24.8 Å². The minimum absolute atomic E-state index is 0.407. The zero-order chi connectivity index (χ0) is 16.8.